The Morgan fingerprint density at radius 1 is 1.12 bits per heavy atom. The van der Waals surface area contributed by atoms with Gasteiger partial charge < -0.3 is 0 Å². The number of rotatable bonds is 4. The predicted molar refractivity (Wildman–Crippen MR) is 110 cm³/mol. The van der Waals surface area contributed by atoms with Crippen LogP contribution in [0, 0.1) is 31.5 Å². The first-order valence-electron chi connectivity index (χ1n) is 11.1. The molecule has 0 N–H and O–H groups in total. The Morgan fingerprint density at radius 2 is 1.85 bits per heavy atom. The molecule has 0 bridgehead atoms. The van der Waals surface area contributed by atoms with Crippen molar-refractivity contribution < 1.29 is 27.2 Å². The van der Waals surface area contributed by atoms with Crippen LogP contribution in [0.3, 0.4) is 0 Å². The Hall–Kier alpha value is -2.62. The average molecular weight is 466 g/mol. The van der Waals surface area contributed by atoms with E-state index >= 15 is 0 Å². The molecule has 1 atom stereocenters. The standard InChI is InChI=1S/C23H26F4N4O2/c1-13-19(24)10-17(11-28-13)20-7-8-33-31(20)22(32)16-5-3-15(4-6-16)9-18-12-29-14(2)30-21(18)23(25,26)27/h10-12,15-16,20H,3-9H2,1-2H3/t15?,16?,20-/m0/s1. The molecule has 0 spiro atoms. The Kier molecular flexibility index (Phi) is 6.65. The van der Waals surface area contributed by atoms with E-state index in [2.05, 4.69) is 15.0 Å². The monoisotopic (exact) mass is 466 g/mol. The maximum absolute atomic E-state index is 14.0. The lowest BCUT2D eigenvalue weighted by atomic mass is 9.78. The van der Waals surface area contributed by atoms with Gasteiger partial charge >= 0.3 is 6.18 Å². The highest BCUT2D eigenvalue weighted by Crippen LogP contribution is 2.38. The molecular formula is C23H26F4N4O2. The zero-order chi connectivity index (χ0) is 23.8. The molecular weight excluding hydrogens is 440 g/mol. The van der Waals surface area contributed by atoms with Gasteiger partial charge in [0.2, 0.25) is 5.91 Å². The molecule has 2 aliphatic rings. The number of nitrogens with zero attached hydrogens (tertiary/aromatic N) is 4. The van der Waals surface area contributed by atoms with Crippen LogP contribution in [-0.4, -0.2) is 32.5 Å². The number of hydrogen-bond acceptors (Lipinski definition) is 5. The minimum Gasteiger partial charge on any atom is -0.272 e. The highest BCUT2D eigenvalue weighted by molar-refractivity contribution is 5.78. The van der Waals surface area contributed by atoms with Gasteiger partial charge in [0.15, 0.2) is 5.69 Å². The summed E-state index contributed by atoms with van der Waals surface area (Å²) in [6.07, 6.45) is 1.46. The molecule has 10 heteroatoms. The van der Waals surface area contributed by atoms with E-state index in [1.807, 2.05) is 0 Å². The number of carbonyl (C=O) groups excluding carboxylic acids is 1. The van der Waals surface area contributed by atoms with Crippen LogP contribution in [0.15, 0.2) is 18.5 Å². The molecule has 2 fully saturated rings. The average Bonchev–Trinajstić information content (AvgIpc) is 3.26. The van der Waals surface area contributed by atoms with E-state index < -0.39 is 23.7 Å². The van der Waals surface area contributed by atoms with Crippen LogP contribution >= 0.6 is 0 Å². The van der Waals surface area contributed by atoms with E-state index in [0.717, 1.165) is 0 Å². The molecule has 178 valence electrons. The normalized spacial score (nSPS) is 23.7. The summed E-state index contributed by atoms with van der Waals surface area (Å²) in [6, 6.07) is 0.998. The van der Waals surface area contributed by atoms with E-state index in [1.165, 1.54) is 24.3 Å². The Balaban J connectivity index is 1.39. The number of hydroxylamine groups is 2. The molecule has 2 aromatic rings. The minimum absolute atomic E-state index is 0.0205. The van der Waals surface area contributed by atoms with Crippen molar-refractivity contribution in [3.05, 3.63) is 52.6 Å². The van der Waals surface area contributed by atoms with E-state index in [0.29, 0.717) is 50.0 Å². The predicted octanol–water partition coefficient (Wildman–Crippen LogP) is 4.90. The summed E-state index contributed by atoms with van der Waals surface area (Å²) in [5, 5.41) is 1.34. The number of aryl methyl sites for hydroxylation is 2. The lowest BCUT2D eigenvalue weighted by Crippen LogP contribution is -2.37. The number of aromatic nitrogens is 3. The van der Waals surface area contributed by atoms with E-state index in [1.54, 1.807) is 13.1 Å². The fourth-order valence-corrected chi connectivity index (χ4v) is 4.69. The molecule has 4 rings (SSSR count). The highest BCUT2D eigenvalue weighted by Gasteiger charge is 2.39. The minimum atomic E-state index is -4.53. The van der Waals surface area contributed by atoms with Crippen molar-refractivity contribution in [2.45, 2.75) is 64.6 Å². The molecule has 1 saturated carbocycles. The number of alkyl halides is 3. The molecule has 0 aromatic carbocycles. The third-order valence-corrected chi connectivity index (χ3v) is 6.51. The van der Waals surface area contributed by atoms with Crippen molar-refractivity contribution in [1.29, 1.82) is 0 Å². The van der Waals surface area contributed by atoms with Crippen LogP contribution in [0.4, 0.5) is 17.6 Å². The SMILES string of the molecule is Cc1ncc(CC2CCC(C(=O)N3OCC[C@H]3c3cnc(C)c(F)c3)CC2)c(C(F)(F)F)n1. The topological polar surface area (TPSA) is 68.2 Å². The molecule has 6 nitrogen and oxygen atoms in total. The van der Waals surface area contributed by atoms with Gasteiger partial charge in [0.1, 0.15) is 11.6 Å². The van der Waals surface area contributed by atoms with E-state index in [9.17, 15) is 22.4 Å². The Morgan fingerprint density at radius 3 is 2.52 bits per heavy atom. The summed E-state index contributed by atoms with van der Waals surface area (Å²) in [5.74, 6) is -0.755. The van der Waals surface area contributed by atoms with Gasteiger partial charge in [-0.05, 0) is 63.5 Å². The lowest BCUT2D eigenvalue weighted by molar-refractivity contribution is -0.183. The van der Waals surface area contributed by atoms with Gasteiger partial charge in [0, 0.05) is 30.3 Å². The number of carbonyl (C=O) groups is 1. The van der Waals surface area contributed by atoms with Crippen molar-refractivity contribution in [2.75, 3.05) is 6.61 Å². The number of pyridine rings is 1. The zero-order valence-corrected chi connectivity index (χ0v) is 18.5. The maximum Gasteiger partial charge on any atom is 0.433 e. The maximum atomic E-state index is 14.0. The second-order valence-corrected chi connectivity index (χ2v) is 8.85. The second kappa shape index (κ2) is 9.32. The first kappa shape index (κ1) is 23.5. The van der Waals surface area contributed by atoms with Gasteiger partial charge in [-0.1, -0.05) is 0 Å². The summed E-state index contributed by atoms with van der Waals surface area (Å²) in [6.45, 7) is 3.37. The number of hydrogen-bond donors (Lipinski definition) is 0. The van der Waals surface area contributed by atoms with Crippen LogP contribution in [0.1, 0.15) is 66.5 Å². The molecule has 33 heavy (non-hydrogen) atoms. The molecule has 1 aliphatic heterocycles. The van der Waals surface area contributed by atoms with E-state index in [-0.39, 0.29) is 35.6 Å². The van der Waals surface area contributed by atoms with Crippen molar-refractivity contribution >= 4 is 5.91 Å². The first-order chi connectivity index (χ1) is 15.6. The van der Waals surface area contributed by atoms with E-state index in [4.69, 9.17) is 4.84 Å². The van der Waals surface area contributed by atoms with Gasteiger partial charge in [0.05, 0.1) is 18.3 Å². The van der Waals surface area contributed by atoms with Crippen LogP contribution in [0.25, 0.3) is 0 Å². The fourth-order valence-electron chi connectivity index (χ4n) is 4.69. The van der Waals surface area contributed by atoms with Crippen molar-refractivity contribution in [3.63, 3.8) is 0 Å². The van der Waals surface area contributed by atoms with Crippen LogP contribution in [-0.2, 0) is 22.2 Å². The first-order valence-corrected chi connectivity index (χ1v) is 11.1. The van der Waals surface area contributed by atoms with Gasteiger partial charge in [-0.15, -0.1) is 0 Å². The molecule has 1 amide bonds. The Bertz CT molecular complexity index is 1020. The molecule has 3 heterocycles. The van der Waals surface area contributed by atoms with Crippen LogP contribution < -0.4 is 0 Å². The van der Waals surface area contributed by atoms with Gasteiger partial charge in [-0.2, -0.15) is 13.2 Å². The third kappa shape index (κ3) is 5.15. The second-order valence-electron chi connectivity index (χ2n) is 8.85. The van der Waals surface area contributed by atoms with Crippen molar-refractivity contribution in [2.24, 2.45) is 11.8 Å². The molecule has 0 unspecified atom stereocenters. The summed E-state index contributed by atoms with van der Waals surface area (Å²) in [7, 11) is 0. The summed E-state index contributed by atoms with van der Waals surface area (Å²) < 4.78 is 54.1. The largest absolute Gasteiger partial charge is 0.433 e. The van der Waals surface area contributed by atoms with Gasteiger partial charge in [-0.3, -0.25) is 14.6 Å². The summed E-state index contributed by atoms with van der Waals surface area (Å²) in [5.41, 5.74) is 0.110. The zero-order valence-electron chi connectivity index (χ0n) is 18.5. The number of halogens is 4. The molecule has 1 saturated heterocycles. The van der Waals surface area contributed by atoms with Crippen molar-refractivity contribution in [1.82, 2.24) is 20.0 Å². The van der Waals surface area contributed by atoms with Gasteiger partial charge in [0.25, 0.3) is 0 Å². The lowest BCUT2D eigenvalue weighted by Gasteiger charge is -2.32. The fraction of sp³-hybridized carbons (Fsp3) is 0.565. The van der Waals surface area contributed by atoms with Crippen molar-refractivity contribution in [3.8, 4) is 0 Å². The van der Waals surface area contributed by atoms with Gasteiger partial charge in [-0.25, -0.2) is 19.4 Å². The van der Waals surface area contributed by atoms with Crippen LogP contribution in [0.2, 0.25) is 0 Å². The number of amides is 1. The third-order valence-electron chi connectivity index (χ3n) is 6.51. The summed E-state index contributed by atoms with van der Waals surface area (Å²) in [4.78, 5) is 30.3. The smallest absolute Gasteiger partial charge is 0.272 e. The summed E-state index contributed by atoms with van der Waals surface area (Å²) >= 11 is 0. The Labute approximate surface area is 189 Å². The molecule has 0 radical (unpaired) electrons. The highest BCUT2D eigenvalue weighted by atomic mass is 19.4. The molecule has 2 aromatic heterocycles. The molecule has 1 aliphatic carbocycles. The van der Waals surface area contributed by atoms with Crippen LogP contribution in [0.5, 0.6) is 0 Å². The quantitative estimate of drug-likeness (QED) is 0.600.